The van der Waals surface area contributed by atoms with Gasteiger partial charge in [-0.2, -0.15) is 0 Å². The molecule has 7 heteroatoms. The first-order valence-corrected chi connectivity index (χ1v) is 12.5. The Bertz CT molecular complexity index is 809. The summed E-state index contributed by atoms with van der Waals surface area (Å²) < 4.78 is 5.67. The molecule has 0 aromatic rings. The van der Waals surface area contributed by atoms with Crippen LogP contribution in [-0.2, 0) is 9.57 Å². The highest BCUT2D eigenvalue weighted by Gasteiger charge is 2.58. The van der Waals surface area contributed by atoms with E-state index >= 15 is 0 Å². The van der Waals surface area contributed by atoms with Crippen molar-refractivity contribution in [1.29, 1.82) is 0 Å². The van der Waals surface area contributed by atoms with Crippen LogP contribution in [-0.4, -0.2) is 37.1 Å². The summed E-state index contributed by atoms with van der Waals surface area (Å²) >= 11 is 0. The van der Waals surface area contributed by atoms with Crippen LogP contribution in [0.5, 0.6) is 0 Å². The predicted molar refractivity (Wildman–Crippen MR) is 123 cm³/mol. The van der Waals surface area contributed by atoms with Crippen LogP contribution in [0.4, 0.5) is 9.59 Å². The number of nitrogens with zero attached hydrogens (tertiary/aromatic N) is 1. The molecule has 3 fully saturated rings. The first kappa shape index (κ1) is 23.1. The van der Waals surface area contributed by atoms with E-state index in [1.165, 1.54) is 12.0 Å². The molecule has 0 heterocycles. The summed E-state index contributed by atoms with van der Waals surface area (Å²) in [5.41, 5.74) is 2.77. The maximum Gasteiger partial charge on any atom is 0.433 e. The minimum atomic E-state index is -0.468. The third-order valence-corrected chi connectivity index (χ3v) is 8.95. The van der Waals surface area contributed by atoms with E-state index < -0.39 is 6.09 Å². The first-order valence-electron chi connectivity index (χ1n) is 12.5. The van der Waals surface area contributed by atoms with Gasteiger partial charge in [0.2, 0.25) is 0 Å². The summed E-state index contributed by atoms with van der Waals surface area (Å²) in [5.74, 6) is 1.88. The minimum absolute atomic E-state index is 0.0112. The van der Waals surface area contributed by atoms with Crippen LogP contribution in [0.15, 0.2) is 16.8 Å². The lowest BCUT2D eigenvalue weighted by Crippen LogP contribution is -2.50. The van der Waals surface area contributed by atoms with E-state index in [0.29, 0.717) is 30.8 Å². The number of carbonyl (C=O) groups excluding carboxylic acids is 2. The van der Waals surface area contributed by atoms with Crippen molar-refractivity contribution < 1.29 is 19.2 Å². The van der Waals surface area contributed by atoms with Crippen molar-refractivity contribution in [2.24, 2.45) is 33.7 Å². The molecule has 7 nitrogen and oxygen atoms in total. The van der Waals surface area contributed by atoms with Gasteiger partial charge in [0.25, 0.3) is 0 Å². The molecule has 0 aliphatic heterocycles. The molecule has 0 aromatic heterocycles. The molecular formula is C25H39N3O4. The zero-order chi connectivity index (χ0) is 22.9. The Balaban J connectivity index is 1.47. The molecule has 6 atom stereocenters. The Morgan fingerprint density at radius 1 is 1.03 bits per heavy atom. The van der Waals surface area contributed by atoms with Crippen molar-refractivity contribution in [3.8, 4) is 0 Å². The summed E-state index contributed by atoms with van der Waals surface area (Å²) in [5, 5.41) is 9.72. The van der Waals surface area contributed by atoms with Crippen molar-refractivity contribution >= 4 is 17.9 Å². The standard InChI is InChI=1S/C25H39N3O4/c1-5-26-22(29)31-17-11-13-24(3)16(15-17)7-8-18-19-9-10-21(28-32-23(30)27-6-2)25(19,4)14-12-20(18)24/h7,17-20H,5-6,8-15H2,1-4H3,(H,26,29)(H,27,30)/b28-21+/t17-,18+,19+,20+,24+,25+/m1/s1. The first-order chi connectivity index (χ1) is 15.3. The van der Waals surface area contributed by atoms with Crippen molar-refractivity contribution in [1.82, 2.24) is 10.6 Å². The van der Waals surface area contributed by atoms with Gasteiger partial charge in [0.1, 0.15) is 6.10 Å². The smallest absolute Gasteiger partial charge is 0.433 e. The molecule has 4 rings (SSSR count). The fourth-order valence-corrected chi connectivity index (χ4v) is 7.28. The average Bonchev–Trinajstić information content (AvgIpc) is 3.09. The lowest BCUT2D eigenvalue weighted by molar-refractivity contribution is -0.0239. The van der Waals surface area contributed by atoms with Gasteiger partial charge >= 0.3 is 12.2 Å². The van der Waals surface area contributed by atoms with Gasteiger partial charge in [0, 0.05) is 24.9 Å². The van der Waals surface area contributed by atoms with Crippen LogP contribution in [0.25, 0.3) is 0 Å². The summed E-state index contributed by atoms with van der Waals surface area (Å²) in [6.45, 7) is 9.69. The lowest BCUT2D eigenvalue weighted by atomic mass is 9.48. The highest BCUT2D eigenvalue weighted by Crippen LogP contribution is 2.64. The minimum Gasteiger partial charge on any atom is -0.446 e. The molecule has 2 N–H and O–H groups in total. The number of amides is 2. The maximum absolute atomic E-state index is 11.9. The molecule has 0 saturated heterocycles. The molecule has 0 spiro atoms. The summed E-state index contributed by atoms with van der Waals surface area (Å²) in [4.78, 5) is 28.8. The van der Waals surface area contributed by atoms with E-state index in [1.54, 1.807) is 0 Å². The van der Waals surface area contributed by atoms with Crippen LogP contribution < -0.4 is 10.6 Å². The van der Waals surface area contributed by atoms with Crippen LogP contribution in [0.2, 0.25) is 0 Å². The monoisotopic (exact) mass is 445 g/mol. The largest absolute Gasteiger partial charge is 0.446 e. The normalized spacial score (nSPS) is 39.2. The zero-order valence-electron chi connectivity index (χ0n) is 20.0. The number of ether oxygens (including phenoxy) is 1. The third-order valence-electron chi connectivity index (χ3n) is 8.95. The van der Waals surface area contributed by atoms with Gasteiger partial charge in [0.05, 0.1) is 5.71 Å². The van der Waals surface area contributed by atoms with Crippen LogP contribution in [0.3, 0.4) is 0 Å². The summed E-state index contributed by atoms with van der Waals surface area (Å²) in [6, 6.07) is 0. The van der Waals surface area contributed by atoms with Gasteiger partial charge < -0.3 is 15.4 Å². The van der Waals surface area contributed by atoms with E-state index in [4.69, 9.17) is 9.57 Å². The third kappa shape index (κ3) is 4.03. The van der Waals surface area contributed by atoms with Crippen LogP contribution in [0.1, 0.15) is 79.1 Å². The summed E-state index contributed by atoms with van der Waals surface area (Å²) in [6.07, 6.45) is 9.96. The van der Waals surface area contributed by atoms with Crippen molar-refractivity contribution in [2.75, 3.05) is 13.1 Å². The molecular weight excluding hydrogens is 406 g/mol. The van der Waals surface area contributed by atoms with Crippen LogP contribution >= 0.6 is 0 Å². The number of fused-ring (bicyclic) bond motifs is 5. The van der Waals surface area contributed by atoms with Crippen molar-refractivity contribution in [3.05, 3.63) is 11.6 Å². The Morgan fingerprint density at radius 2 is 1.72 bits per heavy atom. The number of oxime groups is 1. The SMILES string of the molecule is CCNC(=O)O/N=C1\CC[C@H]2[C@@H]3CC=C4C[C@H](OC(=O)NCC)CC[C@]4(C)[C@H]3CC[C@]12C. The van der Waals surface area contributed by atoms with E-state index in [0.717, 1.165) is 50.7 Å². The number of alkyl carbamates (subject to hydrolysis) is 1. The van der Waals surface area contributed by atoms with Crippen molar-refractivity contribution in [3.63, 3.8) is 0 Å². The van der Waals surface area contributed by atoms with Crippen molar-refractivity contribution in [2.45, 2.75) is 85.2 Å². The van der Waals surface area contributed by atoms with Crippen LogP contribution in [0, 0.1) is 28.6 Å². The second kappa shape index (κ2) is 9.06. The fraction of sp³-hybridized carbons (Fsp3) is 0.800. The fourth-order valence-electron chi connectivity index (χ4n) is 7.28. The molecule has 3 saturated carbocycles. The van der Waals surface area contributed by atoms with Gasteiger partial charge in [-0.15, -0.1) is 0 Å². The molecule has 2 amide bonds. The highest BCUT2D eigenvalue weighted by molar-refractivity contribution is 5.92. The topological polar surface area (TPSA) is 89.0 Å². The molecule has 0 aromatic carbocycles. The molecule has 4 aliphatic carbocycles. The Labute approximate surface area is 191 Å². The molecule has 4 aliphatic rings. The van der Waals surface area contributed by atoms with Gasteiger partial charge in [-0.05, 0) is 82.0 Å². The molecule has 178 valence electrons. The number of nitrogens with one attached hydrogen (secondary N) is 2. The highest BCUT2D eigenvalue weighted by atomic mass is 16.7. The van der Waals surface area contributed by atoms with E-state index in [1.807, 2.05) is 13.8 Å². The predicted octanol–water partition coefficient (Wildman–Crippen LogP) is 5.17. The Morgan fingerprint density at radius 3 is 2.47 bits per heavy atom. The quantitative estimate of drug-likeness (QED) is 0.355. The number of allylic oxidation sites excluding steroid dienone is 1. The second-order valence-corrected chi connectivity index (χ2v) is 10.5. The Hall–Kier alpha value is -2.05. The summed E-state index contributed by atoms with van der Waals surface area (Å²) in [7, 11) is 0. The van der Waals surface area contributed by atoms with Gasteiger partial charge in [0.15, 0.2) is 0 Å². The Kier molecular flexibility index (Phi) is 6.55. The molecule has 0 bridgehead atoms. The number of hydrogen-bond donors (Lipinski definition) is 2. The van der Waals surface area contributed by atoms with Gasteiger partial charge in [-0.1, -0.05) is 30.7 Å². The maximum atomic E-state index is 11.9. The van der Waals surface area contributed by atoms with E-state index in [9.17, 15) is 9.59 Å². The molecule has 32 heavy (non-hydrogen) atoms. The molecule has 0 radical (unpaired) electrons. The second-order valence-electron chi connectivity index (χ2n) is 10.5. The lowest BCUT2D eigenvalue weighted by Gasteiger charge is -2.57. The van der Waals surface area contributed by atoms with Gasteiger partial charge in [-0.3, -0.25) is 4.84 Å². The van der Waals surface area contributed by atoms with E-state index in [-0.39, 0.29) is 23.0 Å². The number of hydrogen-bond acceptors (Lipinski definition) is 5. The van der Waals surface area contributed by atoms with E-state index in [2.05, 4.69) is 35.7 Å². The number of carbonyl (C=O) groups is 2. The van der Waals surface area contributed by atoms with Gasteiger partial charge in [-0.25, -0.2) is 9.59 Å². The number of rotatable bonds is 4. The average molecular weight is 446 g/mol. The molecule has 0 unspecified atom stereocenters. The zero-order valence-corrected chi connectivity index (χ0v) is 20.0.